The summed E-state index contributed by atoms with van der Waals surface area (Å²) < 4.78 is 21.2. The first-order valence-corrected chi connectivity index (χ1v) is 10.5. The third kappa shape index (κ3) is 4.27. The number of benzene rings is 2. The highest BCUT2D eigenvalue weighted by molar-refractivity contribution is 7.21. The van der Waals surface area contributed by atoms with Gasteiger partial charge in [-0.3, -0.25) is 9.69 Å². The number of hydrogen-bond donors (Lipinski definition) is 1. The van der Waals surface area contributed by atoms with Crippen molar-refractivity contribution in [3.05, 3.63) is 64.8 Å². The Kier molecular flexibility index (Phi) is 6.08. The first kappa shape index (κ1) is 19.8. The number of thiophene rings is 1. The molecule has 5 nitrogen and oxygen atoms in total. The predicted octanol–water partition coefficient (Wildman–Crippen LogP) is 3.37. The van der Waals surface area contributed by atoms with Gasteiger partial charge in [-0.2, -0.15) is 0 Å². The van der Waals surface area contributed by atoms with E-state index in [0.29, 0.717) is 41.2 Å². The molecule has 152 valence electrons. The Morgan fingerprint density at radius 3 is 2.55 bits per heavy atom. The van der Waals surface area contributed by atoms with Crippen LogP contribution in [-0.4, -0.2) is 60.1 Å². The van der Waals surface area contributed by atoms with E-state index < -0.39 is 0 Å². The minimum atomic E-state index is -0.336. The summed E-state index contributed by atoms with van der Waals surface area (Å²) in [4.78, 5) is 17.7. The number of ether oxygens (including phenoxy) is 1. The molecule has 0 saturated carbocycles. The van der Waals surface area contributed by atoms with E-state index in [9.17, 15) is 9.18 Å². The molecule has 1 aromatic heterocycles. The van der Waals surface area contributed by atoms with Crippen LogP contribution >= 0.6 is 11.3 Å². The largest absolute Gasteiger partial charge is 0.489 e. The van der Waals surface area contributed by atoms with E-state index in [4.69, 9.17) is 9.84 Å². The number of fused-ring (bicyclic) bond motifs is 1. The average molecular weight is 415 g/mol. The zero-order valence-corrected chi connectivity index (χ0v) is 16.8. The van der Waals surface area contributed by atoms with E-state index in [2.05, 4.69) is 4.90 Å². The lowest BCUT2D eigenvalue weighted by molar-refractivity contribution is 0.0617. The van der Waals surface area contributed by atoms with E-state index in [-0.39, 0.29) is 24.9 Å². The van der Waals surface area contributed by atoms with Gasteiger partial charge in [-0.1, -0.05) is 24.3 Å². The maximum absolute atomic E-state index is 14.6. The number of hydrogen-bond acceptors (Lipinski definition) is 5. The van der Waals surface area contributed by atoms with Gasteiger partial charge in [-0.15, -0.1) is 11.3 Å². The molecule has 1 aliphatic heterocycles. The first-order valence-electron chi connectivity index (χ1n) is 9.67. The van der Waals surface area contributed by atoms with Gasteiger partial charge in [0.1, 0.15) is 18.2 Å². The third-order valence-corrected chi connectivity index (χ3v) is 6.34. The van der Waals surface area contributed by atoms with Crippen LogP contribution in [0.1, 0.15) is 15.2 Å². The van der Waals surface area contributed by atoms with Crippen molar-refractivity contribution in [1.82, 2.24) is 9.80 Å². The highest BCUT2D eigenvalue weighted by atomic mass is 32.1. The van der Waals surface area contributed by atoms with Gasteiger partial charge in [-0.05, 0) is 24.3 Å². The van der Waals surface area contributed by atoms with Gasteiger partial charge < -0.3 is 14.7 Å². The number of nitrogens with zero attached hydrogens (tertiary/aromatic N) is 2. The number of piperazine rings is 1. The van der Waals surface area contributed by atoms with Gasteiger partial charge in [0.15, 0.2) is 0 Å². The lowest BCUT2D eigenvalue weighted by Crippen LogP contribution is -2.49. The normalized spacial score (nSPS) is 15.0. The molecule has 2 aromatic carbocycles. The van der Waals surface area contributed by atoms with Crippen molar-refractivity contribution in [2.75, 3.05) is 39.3 Å². The van der Waals surface area contributed by atoms with Crippen LogP contribution in [0.2, 0.25) is 0 Å². The van der Waals surface area contributed by atoms with Crippen molar-refractivity contribution in [3.8, 4) is 5.75 Å². The van der Waals surface area contributed by atoms with Crippen molar-refractivity contribution in [1.29, 1.82) is 0 Å². The van der Waals surface area contributed by atoms with Crippen LogP contribution in [-0.2, 0) is 6.61 Å². The summed E-state index contributed by atoms with van der Waals surface area (Å²) in [6, 6.07) is 14.3. The Labute approximate surface area is 172 Å². The molecule has 0 spiro atoms. The highest BCUT2D eigenvalue weighted by Gasteiger charge is 2.27. The fourth-order valence-electron chi connectivity index (χ4n) is 3.61. The fourth-order valence-corrected chi connectivity index (χ4v) is 4.80. The minimum Gasteiger partial charge on any atom is -0.489 e. The average Bonchev–Trinajstić information content (AvgIpc) is 3.13. The smallest absolute Gasteiger partial charge is 0.264 e. The lowest BCUT2D eigenvalue weighted by Gasteiger charge is -2.34. The van der Waals surface area contributed by atoms with Gasteiger partial charge in [0, 0.05) is 48.4 Å². The summed E-state index contributed by atoms with van der Waals surface area (Å²) in [5.74, 6) is 0.261. The molecular formula is C22H23FN2O3S. The van der Waals surface area contributed by atoms with Gasteiger partial charge in [0.25, 0.3) is 5.91 Å². The number of carbonyl (C=O) groups excluding carboxylic acids is 1. The van der Waals surface area contributed by atoms with Gasteiger partial charge in [-0.25, -0.2) is 4.39 Å². The molecule has 2 heterocycles. The van der Waals surface area contributed by atoms with Crippen LogP contribution in [0.5, 0.6) is 5.75 Å². The summed E-state index contributed by atoms with van der Waals surface area (Å²) in [6.45, 7) is 3.50. The van der Waals surface area contributed by atoms with E-state index in [1.54, 1.807) is 6.07 Å². The molecular weight excluding hydrogens is 391 g/mol. The van der Waals surface area contributed by atoms with Crippen molar-refractivity contribution in [3.63, 3.8) is 0 Å². The van der Waals surface area contributed by atoms with Gasteiger partial charge >= 0.3 is 0 Å². The number of aliphatic hydroxyl groups is 1. The summed E-state index contributed by atoms with van der Waals surface area (Å²) in [7, 11) is 0. The monoisotopic (exact) mass is 414 g/mol. The molecule has 1 amide bonds. The quantitative estimate of drug-likeness (QED) is 0.672. The van der Waals surface area contributed by atoms with Gasteiger partial charge in [0.05, 0.1) is 11.5 Å². The molecule has 0 aliphatic carbocycles. The third-order valence-electron chi connectivity index (χ3n) is 5.16. The molecule has 0 unspecified atom stereocenters. The van der Waals surface area contributed by atoms with Crippen molar-refractivity contribution < 1.29 is 19.0 Å². The summed E-state index contributed by atoms with van der Waals surface area (Å²) in [5.41, 5.74) is 0.606. The molecule has 3 aromatic rings. The molecule has 0 radical (unpaired) electrons. The number of carbonyl (C=O) groups is 1. The number of β-amino-alcohol motifs (C(OH)–C–C–N with tert-alkyl or cyclic N) is 1. The second-order valence-corrected chi connectivity index (χ2v) is 8.03. The fraction of sp³-hybridized carbons (Fsp3) is 0.318. The summed E-state index contributed by atoms with van der Waals surface area (Å²) in [5, 5.41) is 9.57. The number of rotatable bonds is 6. The minimum absolute atomic E-state index is 0.0825. The van der Waals surface area contributed by atoms with Gasteiger partial charge in [0.2, 0.25) is 0 Å². The molecule has 1 fully saturated rings. The van der Waals surface area contributed by atoms with E-state index in [0.717, 1.165) is 17.8 Å². The highest BCUT2D eigenvalue weighted by Crippen LogP contribution is 2.35. The maximum Gasteiger partial charge on any atom is 0.264 e. The molecule has 29 heavy (non-hydrogen) atoms. The molecule has 1 saturated heterocycles. The second-order valence-electron chi connectivity index (χ2n) is 6.98. The van der Waals surface area contributed by atoms with Crippen LogP contribution < -0.4 is 4.74 Å². The van der Waals surface area contributed by atoms with E-state index in [1.165, 1.54) is 17.4 Å². The lowest BCUT2D eigenvalue weighted by atomic mass is 10.1. The van der Waals surface area contributed by atoms with E-state index in [1.807, 2.05) is 41.3 Å². The SMILES string of the molecule is O=C(c1sc2cccc(F)c2c1COc1ccccc1)N1CCN(CCO)CC1. The predicted molar refractivity (Wildman–Crippen MR) is 112 cm³/mol. The topological polar surface area (TPSA) is 53.0 Å². The Hall–Kier alpha value is -2.48. The molecule has 0 atom stereocenters. The Bertz CT molecular complexity index is 984. The Balaban J connectivity index is 1.61. The summed E-state index contributed by atoms with van der Waals surface area (Å²) in [6.07, 6.45) is 0. The second kappa shape index (κ2) is 8.90. The number of aliphatic hydroxyl groups excluding tert-OH is 1. The van der Waals surface area contributed by atoms with Crippen molar-refractivity contribution in [2.24, 2.45) is 0 Å². The van der Waals surface area contributed by atoms with Crippen LogP contribution in [0.3, 0.4) is 0 Å². The van der Waals surface area contributed by atoms with Crippen molar-refractivity contribution >= 4 is 27.3 Å². The number of amides is 1. The molecule has 7 heteroatoms. The Morgan fingerprint density at radius 1 is 1.07 bits per heavy atom. The van der Waals surface area contributed by atoms with Crippen LogP contribution in [0.4, 0.5) is 4.39 Å². The maximum atomic E-state index is 14.6. The van der Waals surface area contributed by atoms with Crippen LogP contribution in [0, 0.1) is 5.82 Å². The molecule has 0 bridgehead atoms. The van der Waals surface area contributed by atoms with E-state index >= 15 is 0 Å². The molecule has 4 rings (SSSR count). The number of halogens is 1. The standard InChI is InChI=1S/C22H23FN2O3S/c23-18-7-4-8-19-20(18)17(15-28-16-5-2-1-3-6-16)21(29-19)22(27)25-11-9-24(10-12-25)13-14-26/h1-8,26H,9-15H2. The van der Waals surface area contributed by atoms with Crippen molar-refractivity contribution in [2.45, 2.75) is 6.61 Å². The zero-order valence-electron chi connectivity index (χ0n) is 16.0. The molecule has 1 N–H and O–H groups in total. The molecule has 1 aliphatic rings. The van der Waals surface area contributed by atoms with Crippen LogP contribution in [0.25, 0.3) is 10.1 Å². The zero-order chi connectivity index (χ0) is 20.2. The number of para-hydroxylation sites is 1. The van der Waals surface area contributed by atoms with Crippen LogP contribution in [0.15, 0.2) is 48.5 Å². The first-order chi connectivity index (χ1) is 14.2. The summed E-state index contributed by atoms with van der Waals surface area (Å²) >= 11 is 1.32. The Morgan fingerprint density at radius 2 is 1.83 bits per heavy atom.